The highest BCUT2D eigenvalue weighted by atomic mass is 127. The van der Waals surface area contributed by atoms with Crippen LogP contribution < -0.4 is 16.0 Å². The average molecular weight is 530 g/mol. The summed E-state index contributed by atoms with van der Waals surface area (Å²) in [6.07, 6.45) is 5.32. The van der Waals surface area contributed by atoms with Gasteiger partial charge in [-0.3, -0.25) is 14.7 Å². The molecule has 1 saturated heterocycles. The fourth-order valence-corrected chi connectivity index (χ4v) is 3.91. The van der Waals surface area contributed by atoms with Crippen molar-refractivity contribution in [3.8, 4) is 0 Å². The Hall–Kier alpha value is -1.35. The molecule has 0 saturated carbocycles. The minimum Gasteiger partial charge on any atom is -0.355 e. The molecule has 6 nitrogen and oxygen atoms in total. The lowest BCUT2D eigenvalue weighted by Crippen LogP contribution is -2.49. The fraction of sp³-hybridized carbons (Fsp3) is 0.652. The number of nitrogens with one attached hydrogen (secondary N) is 3. The van der Waals surface area contributed by atoms with Crippen LogP contribution in [0.5, 0.6) is 0 Å². The Kier molecular flexibility index (Phi) is 13.0. The van der Waals surface area contributed by atoms with Crippen LogP contribution in [-0.2, 0) is 6.54 Å². The molecule has 1 atom stereocenters. The first-order valence-corrected chi connectivity index (χ1v) is 11.1. The smallest absolute Gasteiger partial charge is 0.251 e. The van der Waals surface area contributed by atoms with E-state index in [1.165, 1.54) is 38.8 Å². The average Bonchev–Trinajstić information content (AvgIpc) is 3.00. The van der Waals surface area contributed by atoms with Crippen LogP contribution in [0, 0.1) is 5.92 Å². The highest BCUT2D eigenvalue weighted by molar-refractivity contribution is 14.0. The Bertz CT molecular complexity index is 657. The van der Waals surface area contributed by atoms with Gasteiger partial charge in [0.25, 0.3) is 5.91 Å². The summed E-state index contributed by atoms with van der Waals surface area (Å²) in [5.74, 6) is 1.36. The molecule has 1 aromatic rings. The van der Waals surface area contributed by atoms with E-state index in [9.17, 15) is 4.79 Å². The van der Waals surface area contributed by atoms with Gasteiger partial charge in [0, 0.05) is 38.3 Å². The number of guanidine groups is 1. The SMILES string of the molecule is CCNC(=O)c1cccc(CNC(=NC)NCC(C(C)C)N2CCCCCC2)c1.I. The molecule has 0 spiro atoms. The summed E-state index contributed by atoms with van der Waals surface area (Å²) < 4.78 is 0. The Morgan fingerprint density at radius 2 is 1.80 bits per heavy atom. The summed E-state index contributed by atoms with van der Waals surface area (Å²) in [6, 6.07) is 8.23. The molecular formula is C23H40IN5O. The van der Waals surface area contributed by atoms with E-state index in [-0.39, 0.29) is 29.9 Å². The summed E-state index contributed by atoms with van der Waals surface area (Å²) in [6.45, 7) is 11.1. The number of hydrogen-bond acceptors (Lipinski definition) is 3. The molecule has 2 rings (SSSR count). The number of halogens is 1. The quantitative estimate of drug-likeness (QED) is 0.274. The van der Waals surface area contributed by atoms with Crippen molar-refractivity contribution in [1.29, 1.82) is 0 Å². The second-order valence-corrected chi connectivity index (χ2v) is 8.13. The van der Waals surface area contributed by atoms with Gasteiger partial charge in [-0.25, -0.2) is 0 Å². The molecule has 7 heteroatoms. The lowest BCUT2D eigenvalue weighted by atomic mass is 10.0. The van der Waals surface area contributed by atoms with Gasteiger partial charge in [0.05, 0.1) is 0 Å². The summed E-state index contributed by atoms with van der Waals surface area (Å²) in [4.78, 5) is 19.1. The molecule has 3 N–H and O–H groups in total. The number of benzene rings is 1. The molecule has 0 bridgehead atoms. The van der Waals surface area contributed by atoms with Crippen LogP contribution in [-0.4, -0.2) is 56.0 Å². The van der Waals surface area contributed by atoms with Crippen molar-refractivity contribution in [1.82, 2.24) is 20.9 Å². The Morgan fingerprint density at radius 3 is 2.40 bits per heavy atom. The van der Waals surface area contributed by atoms with E-state index in [0.29, 0.717) is 30.6 Å². The number of carbonyl (C=O) groups excluding carboxylic acids is 1. The third kappa shape index (κ3) is 8.79. The van der Waals surface area contributed by atoms with Gasteiger partial charge in [-0.2, -0.15) is 0 Å². The van der Waals surface area contributed by atoms with Gasteiger partial charge in [-0.1, -0.05) is 38.8 Å². The molecule has 1 aliphatic heterocycles. The van der Waals surface area contributed by atoms with Crippen LogP contribution in [0.15, 0.2) is 29.3 Å². The van der Waals surface area contributed by atoms with E-state index >= 15 is 0 Å². The van der Waals surface area contributed by atoms with Crippen LogP contribution in [0.1, 0.15) is 62.4 Å². The Balaban J connectivity index is 0.00000450. The number of hydrogen-bond donors (Lipinski definition) is 3. The molecule has 0 aliphatic carbocycles. The molecular weight excluding hydrogens is 489 g/mol. The largest absolute Gasteiger partial charge is 0.355 e. The van der Waals surface area contributed by atoms with Crippen LogP contribution in [0.25, 0.3) is 0 Å². The molecule has 1 unspecified atom stereocenters. The van der Waals surface area contributed by atoms with Gasteiger partial charge in [0.1, 0.15) is 0 Å². The van der Waals surface area contributed by atoms with Crippen LogP contribution in [0.4, 0.5) is 0 Å². The van der Waals surface area contributed by atoms with Crippen LogP contribution in [0.2, 0.25) is 0 Å². The standard InChI is InChI=1S/C23H39N5O.HI/c1-5-25-22(29)20-12-10-11-19(15-20)16-26-23(24-4)27-17-21(18(2)3)28-13-8-6-7-9-14-28;/h10-12,15,18,21H,5-9,13-14,16-17H2,1-4H3,(H,25,29)(H2,24,26,27);1H. The highest BCUT2D eigenvalue weighted by Crippen LogP contribution is 2.17. The zero-order valence-corrected chi connectivity index (χ0v) is 21.4. The molecule has 0 radical (unpaired) electrons. The molecule has 30 heavy (non-hydrogen) atoms. The van der Waals surface area contributed by atoms with Crippen molar-refractivity contribution >= 4 is 35.8 Å². The number of rotatable bonds is 8. The van der Waals surface area contributed by atoms with Crippen molar-refractivity contribution in [2.75, 3.05) is 33.2 Å². The molecule has 1 heterocycles. The van der Waals surface area contributed by atoms with Crippen molar-refractivity contribution in [3.63, 3.8) is 0 Å². The van der Waals surface area contributed by atoms with E-state index < -0.39 is 0 Å². The van der Waals surface area contributed by atoms with E-state index in [1.54, 1.807) is 7.05 Å². The summed E-state index contributed by atoms with van der Waals surface area (Å²) in [7, 11) is 1.80. The maximum absolute atomic E-state index is 12.0. The molecule has 1 aromatic carbocycles. The normalized spacial score (nSPS) is 16.4. The third-order valence-electron chi connectivity index (χ3n) is 5.57. The van der Waals surface area contributed by atoms with Crippen molar-refractivity contribution in [3.05, 3.63) is 35.4 Å². The number of nitrogens with zero attached hydrogens (tertiary/aromatic N) is 2. The molecule has 1 fully saturated rings. The van der Waals surface area contributed by atoms with Gasteiger partial charge in [-0.15, -0.1) is 24.0 Å². The maximum atomic E-state index is 12.0. The third-order valence-corrected chi connectivity index (χ3v) is 5.57. The second kappa shape index (κ2) is 14.6. The fourth-order valence-electron chi connectivity index (χ4n) is 3.91. The van der Waals surface area contributed by atoms with Crippen molar-refractivity contribution in [2.24, 2.45) is 10.9 Å². The van der Waals surface area contributed by atoms with Crippen LogP contribution in [0.3, 0.4) is 0 Å². The first-order valence-electron chi connectivity index (χ1n) is 11.1. The Morgan fingerprint density at radius 1 is 1.10 bits per heavy atom. The zero-order chi connectivity index (χ0) is 21.1. The predicted octanol–water partition coefficient (Wildman–Crippen LogP) is 3.62. The number of likely N-dealkylation sites (tertiary alicyclic amines) is 1. The zero-order valence-electron chi connectivity index (χ0n) is 19.0. The predicted molar refractivity (Wildman–Crippen MR) is 137 cm³/mol. The lowest BCUT2D eigenvalue weighted by Gasteiger charge is -2.34. The summed E-state index contributed by atoms with van der Waals surface area (Å²) in [5.41, 5.74) is 1.75. The molecule has 1 aliphatic rings. The number of carbonyl (C=O) groups is 1. The van der Waals surface area contributed by atoms with Gasteiger partial charge < -0.3 is 16.0 Å². The minimum absolute atomic E-state index is 0. The van der Waals surface area contributed by atoms with Crippen molar-refractivity contribution in [2.45, 2.75) is 59.0 Å². The van der Waals surface area contributed by atoms with Gasteiger partial charge in [0.2, 0.25) is 0 Å². The first-order chi connectivity index (χ1) is 14.0. The minimum atomic E-state index is -0.0333. The lowest BCUT2D eigenvalue weighted by molar-refractivity contribution is 0.0955. The molecule has 170 valence electrons. The summed E-state index contributed by atoms with van der Waals surface area (Å²) >= 11 is 0. The second-order valence-electron chi connectivity index (χ2n) is 8.13. The van der Waals surface area contributed by atoms with E-state index in [0.717, 1.165) is 18.1 Å². The number of aliphatic imine (C=N–C) groups is 1. The first kappa shape index (κ1) is 26.7. The monoisotopic (exact) mass is 529 g/mol. The van der Waals surface area contributed by atoms with Gasteiger partial charge in [0.15, 0.2) is 5.96 Å². The highest BCUT2D eigenvalue weighted by Gasteiger charge is 2.22. The summed E-state index contributed by atoms with van der Waals surface area (Å²) in [5, 5.41) is 9.74. The Labute approximate surface area is 199 Å². The van der Waals surface area contributed by atoms with Gasteiger partial charge in [-0.05, 0) is 56.5 Å². The van der Waals surface area contributed by atoms with E-state index in [1.807, 2.05) is 31.2 Å². The van der Waals surface area contributed by atoms with Crippen molar-refractivity contribution < 1.29 is 4.79 Å². The van der Waals surface area contributed by atoms with Gasteiger partial charge >= 0.3 is 0 Å². The topological polar surface area (TPSA) is 68.8 Å². The molecule has 0 aromatic heterocycles. The maximum Gasteiger partial charge on any atom is 0.251 e. The van der Waals surface area contributed by atoms with E-state index in [2.05, 4.69) is 39.7 Å². The van der Waals surface area contributed by atoms with E-state index in [4.69, 9.17) is 0 Å². The number of amides is 1. The molecule has 1 amide bonds. The van der Waals surface area contributed by atoms with Crippen LogP contribution >= 0.6 is 24.0 Å².